The Balaban J connectivity index is 1.80. The highest BCUT2D eigenvalue weighted by molar-refractivity contribution is 5.44. The number of nitrogens with zero attached hydrogens (tertiary/aromatic N) is 5. The molecule has 3 aromatic rings. The van der Waals surface area contributed by atoms with E-state index in [9.17, 15) is 0 Å². The van der Waals surface area contributed by atoms with Crippen LogP contribution in [-0.4, -0.2) is 43.7 Å². The van der Waals surface area contributed by atoms with E-state index in [-0.39, 0.29) is 0 Å². The molecule has 1 aromatic carbocycles. The van der Waals surface area contributed by atoms with Gasteiger partial charge in [-0.2, -0.15) is 10.2 Å². The van der Waals surface area contributed by atoms with Crippen LogP contribution in [0.15, 0.2) is 30.9 Å². The zero-order valence-electron chi connectivity index (χ0n) is 13.5. The van der Waals surface area contributed by atoms with E-state index in [1.165, 1.54) is 6.33 Å². The zero-order chi connectivity index (χ0) is 16.9. The molecule has 0 saturated heterocycles. The van der Waals surface area contributed by atoms with Gasteiger partial charge in [-0.25, -0.2) is 14.6 Å². The lowest BCUT2D eigenvalue weighted by Gasteiger charge is -2.13. The third kappa shape index (κ3) is 3.35. The number of benzene rings is 1. The second kappa shape index (κ2) is 7.09. The van der Waals surface area contributed by atoms with Crippen molar-refractivity contribution in [2.75, 3.05) is 13.7 Å². The number of aromatic amines is 1. The van der Waals surface area contributed by atoms with Gasteiger partial charge in [-0.1, -0.05) is 6.07 Å². The van der Waals surface area contributed by atoms with E-state index in [1.807, 2.05) is 25.1 Å². The first-order valence-corrected chi connectivity index (χ1v) is 7.51. The van der Waals surface area contributed by atoms with Gasteiger partial charge in [0.25, 0.3) is 0 Å². The molecule has 0 aliphatic carbocycles. The van der Waals surface area contributed by atoms with Gasteiger partial charge in [0.05, 0.1) is 19.8 Å². The minimum atomic E-state index is -0.476. The monoisotopic (exact) mass is 329 g/mol. The average molecular weight is 329 g/mol. The molecule has 0 aliphatic rings. The molecule has 24 heavy (non-hydrogen) atoms. The SMILES string of the molecule is CCOc1cc([C@@H](N)c2n[nH]c(Cn3cncn3)n2)ccc1OC. The lowest BCUT2D eigenvalue weighted by molar-refractivity contribution is 0.310. The number of H-pyrrole nitrogens is 1. The van der Waals surface area contributed by atoms with E-state index in [4.69, 9.17) is 15.2 Å². The van der Waals surface area contributed by atoms with Crippen LogP contribution in [0.1, 0.15) is 30.2 Å². The van der Waals surface area contributed by atoms with Gasteiger partial charge in [-0.05, 0) is 24.6 Å². The Labute approximate surface area is 138 Å². The van der Waals surface area contributed by atoms with E-state index >= 15 is 0 Å². The molecular weight excluding hydrogens is 310 g/mol. The zero-order valence-corrected chi connectivity index (χ0v) is 13.5. The minimum absolute atomic E-state index is 0.451. The van der Waals surface area contributed by atoms with Crippen LogP contribution in [0.25, 0.3) is 0 Å². The Kier molecular flexibility index (Phi) is 4.71. The van der Waals surface area contributed by atoms with Crippen LogP contribution in [-0.2, 0) is 6.54 Å². The lowest BCUT2D eigenvalue weighted by atomic mass is 10.1. The second-order valence-corrected chi connectivity index (χ2v) is 5.05. The molecule has 0 aliphatic heterocycles. The normalized spacial score (nSPS) is 12.1. The van der Waals surface area contributed by atoms with Crippen molar-refractivity contribution in [3.63, 3.8) is 0 Å². The Morgan fingerprint density at radius 2 is 2.21 bits per heavy atom. The van der Waals surface area contributed by atoms with Crippen LogP contribution in [0.5, 0.6) is 11.5 Å². The van der Waals surface area contributed by atoms with E-state index in [1.54, 1.807) is 18.1 Å². The lowest BCUT2D eigenvalue weighted by Crippen LogP contribution is -2.14. The fourth-order valence-corrected chi connectivity index (χ4v) is 2.29. The molecular formula is C15H19N7O2. The van der Waals surface area contributed by atoms with Gasteiger partial charge >= 0.3 is 0 Å². The molecule has 9 nitrogen and oxygen atoms in total. The van der Waals surface area contributed by atoms with Crippen molar-refractivity contribution in [1.29, 1.82) is 0 Å². The van der Waals surface area contributed by atoms with Crippen LogP contribution < -0.4 is 15.2 Å². The Hall–Kier alpha value is -2.94. The van der Waals surface area contributed by atoms with Crippen molar-refractivity contribution in [2.45, 2.75) is 19.5 Å². The molecule has 2 aromatic heterocycles. The van der Waals surface area contributed by atoms with Gasteiger partial charge in [-0.15, -0.1) is 0 Å². The highest BCUT2D eigenvalue weighted by Crippen LogP contribution is 2.30. The first-order valence-electron chi connectivity index (χ1n) is 7.51. The highest BCUT2D eigenvalue weighted by Gasteiger charge is 2.17. The molecule has 9 heteroatoms. The summed E-state index contributed by atoms with van der Waals surface area (Å²) in [5.74, 6) is 2.46. The highest BCUT2D eigenvalue weighted by atomic mass is 16.5. The van der Waals surface area contributed by atoms with Gasteiger partial charge in [0, 0.05) is 0 Å². The Bertz CT molecular complexity index is 785. The number of ether oxygens (including phenoxy) is 2. The van der Waals surface area contributed by atoms with Crippen molar-refractivity contribution in [3.8, 4) is 11.5 Å². The molecule has 3 N–H and O–H groups in total. The van der Waals surface area contributed by atoms with Crippen LogP contribution in [0.4, 0.5) is 0 Å². The molecule has 3 rings (SSSR count). The summed E-state index contributed by atoms with van der Waals surface area (Å²) in [7, 11) is 1.60. The molecule has 0 spiro atoms. The summed E-state index contributed by atoms with van der Waals surface area (Å²) in [6, 6.07) is 5.07. The molecule has 2 heterocycles. The van der Waals surface area contributed by atoms with Gasteiger partial charge in [0.2, 0.25) is 0 Å². The van der Waals surface area contributed by atoms with Crippen LogP contribution in [0, 0.1) is 0 Å². The maximum atomic E-state index is 6.28. The smallest absolute Gasteiger partial charge is 0.171 e. The number of rotatable bonds is 7. The van der Waals surface area contributed by atoms with Gasteiger partial charge in [0.15, 0.2) is 17.3 Å². The van der Waals surface area contributed by atoms with E-state index in [0.29, 0.717) is 36.3 Å². The van der Waals surface area contributed by atoms with E-state index < -0.39 is 6.04 Å². The minimum Gasteiger partial charge on any atom is -0.493 e. The number of nitrogens with two attached hydrogens (primary N) is 1. The van der Waals surface area contributed by atoms with Crippen LogP contribution in [0.2, 0.25) is 0 Å². The summed E-state index contributed by atoms with van der Waals surface area (Å²) >= 11 is 0. The summed E-state index contributed by atoms with van der Waals surface area (Å²) < 4.78 is 12.5. The standard InChI is InChI=1S/C15H19N7O2/c1-3-24-12-6-10(4-5-11(12)23-2)14(16)15-19-13(20-21-15)7-22-9-17-8-18-22/h4-6,8-9,14H,3,7,16H2,1-2H3,(H,19,20,21)/t14-/m1/s1. The second-order valence-electron chi connectivity index (χ2n) is 5.05. The number of nitrogens with one attached hydrogen (secondary N) is 1. The molecule has 0 bridgehead atoms. The van der Waals surface area contributed by atoms with Crippen molar-refractivity contribution >= 4 is 0 Å². The van der Waals surface area contributed by atoms with E-state index in [2.05, 4.69) is 25.3 Å². The average Bonchev–Trinajstić information content (AvgIpc) is 3.27. The fourth-order valence-electron chi connectivity index (χ4n) is 2.29. The maximum Gasteiger partial charge on any atom is 0.171 e. The third-order valence-corrected chi connectivity index (χ3v) is 3.45. The van der Waals surface area contributed by atoms with Crippen molar-refractivity contribution in [1.82, 2.24) is 29.9 Å². The van der Waals surface area contributed by atoms with Gasteiger partial charge in [-0.3, -0.25) is 5.10 Å². The number of hydrogen-bond donors (Lipinski definition) is 2. The summed E-state index contributed by atoms with van der Waals surface area (Å²) in [6.45, 7) is 2.90. The Morgan fingerprint density at radius 1 is 1.33 bits per heavy atom. The predicted octanol–water partition coefficient (Wildman–Crippen LogP) is 0.900. The maximum absolute atomic E-state index is 6.28. The fraction of sp³-hybridized carbons (Fsp3) is 0.333. The first-order chi connectivity index (χ1) is 11.7. The van der Waals surface area contributed by atoms with Crippen LogP contribution >= 0.6 is 0 Å². The quantitative estimate of drug-likeness (QED) is 0.661. The van der Waals surface area contributed by atoms with Crippen molar-refractivity contribution in [2.24, 2.45) is 5.73 Å². The topological polar surface area (TPSA) is 117 Å². The molecule has 0 fully saturated rings. The predicted molar refractivity (Wildman–Crippen MR) is 85.7 cm³/mol. The number of aromatic nitrogens is 6. The molecule has 0 radical (unpaired) electrons. The summed E-state index contributed by atoms with van der Waals surface area (Å²) in [5.41, 5.74) is 7.12. The number of hydrogen-bond acceptors (Lipinski definition) is 7. The summed E-state index contributed by atoms with van der Waals surface area (Å²) in [4.78, 5) is 8.32. The Morgan fingerprint density at radius 3 is 2.92 bits per heavy atom. The third-order valence-electron chi connectivity index (χ3n) is 3.45. The summed E-state index contributed by atoms with van der Waals surface area (Å²) in [5, 5.41) is 11.1. The largest absolute Gasteiger partial charge is 0.493 e. The van der Waals surface area contributed by atoms with Crippen molar-refractivity contribution in [3.05, 3.63) is 48.1 Å². The molecule has 126 valence electrons. The molecule has 0 amide bonds. The first kappa shape index (κ1) is 15.9. The molecule has 0 saturated carbocycles. The van der Waals surface area contributed by atoms with Gasteiger partial charge < -0.3 is 15.2 Å². The van der Waals surface area contributed by atoms with Crippen LogP contribution in [0.3, 0.4) is 0 Å². The molecule has 1 atom stereocenters. The van der Waals surface area contributed by atoms with Crippen molar-refractivity contribution < 1.29 is 9.47 Å². The number of methoxy groups -OCH3 is 1. The molecule has 0 unspecified atom stereocenters. The van der Waals surface area contributed by atoms with E-state index in [0.717, 1.165) is 5.56 Å². The summed E-state index contributed by atoms with van der Waals surface area (Å²) in [6.07, 6.45) is 3.08. The van der Waals surface area contributed by atoms with Gasteiger partial charge in [0.1, 0.15) is 25.0 Å².